The molecule has 2 aromatic carbocycles. The summed E-state index contributed by atoms with van der Waals surface area (Å²) in [5, 5.41) is 2.90. The van der Waals surface area contributed by atoms with E-state index in [9.17, 15) is 14.4 Å². The van der Waals surface area contributed by atoms with Crippen LogP contribution in [-0.4, -0.2) is 24.1 Å². The molecular formula is C23H26N2O3. The van der Waals surface area contributed by atoms with Crippen LogP contribution in [0.1, 0.15) is 49.0 Å². The number of anilines is 2. The van der Waals surface area contributed by atoms with E-state index in [0.29, 0.717) is 31.4 Å². The van der Waals surface area contributed by atoms with Gasteiger partial charge < -0.3 is 10.2 Å². The fourth-order valence-corrected chi connectivity index (χ4v) is 3.42. The molecule has 0 atom stereocenters. The van der Waals surface area contributed by atoms with Crippen LogP contribution in [0.4, 0.5) is 11.4 Å². The van der Waals surface area contributed by atoms with Gasteiger partial charge in [0.2, 0.25) is 11.8 Å². The second kappa shape index (κ2) is 8.83. The molecule has 0 spiro atoms. The SMILES string of the molecule is CC(C)C(=O)N1CCc2cc(NC(=O)CCCC(=O)c3ccccc3)ccc21. The fourth-order valence-electron chi connectivity index (χ4n) is 3.42. The van der Waals surface area contributed by atoms with Crippen molar-refractivity contribution in [1.82, 2.24) is 0 Å². The number of Topliss-reactive ketones (excluding diaryl/α,β-unsaturated/α-hetero) is 1. The molecule has 0 bridgehead atoms. The van der Waals surface area contributed by atoms with E-state index in [1.54, 1.807) is 12.1 Å². The molecule has 0 unspecified atom stereocenters. The first kappa shape index (κ1) is 19.8. The van der Waals surface area contributed by atoms with E-state index in [1.165, 1.54) is 0 Å². The lowest BCUT2D eigenvalue weighted by Crippen LogP contribution is -2.32. The van der Waals surface area contributed by atoms with Crippen LogP contribution in [0, 0.1) is 5.92 Å². The quantitative estimate of drug-likeness (QED) is 0.734. The minimum atomic E-state index is -0.103. The van der Waals surface area contributed by atoms with E-state index in [1.807, 2.05) is 55.1 Å². The van der Waals surface area contributed by atoms with E-state index in [-0.39, 0.29) is 23.5 Å². The maximum absolute atomic E-state index is 12.3. The van der Waals surface area contributed by atoms with Crippen molar-refractivity contribution in [3.63, 3.8) is 0 Å². The van der Waals surface area contributed by atoms with Crippen molar-refractivity contribution in [3.8, 4) is 0 Å². The van der Waals surface area contributed by atoms with Gasteiger partial charge in [0.15, 0.2) is 5.78 Å². The van der Waals surface area contributed by atoms with Crippen molar-refractivity contribution in [2.75, 3.05) is 16.8 Å². The summed E-state index contributed by atoms with van der Waals surface area (Å²) in [6.07, 6.45) is 1.96. The molecule has 5 nitrogen and oxygen atoms in total. The second-order valence-electron chi connectivity index (χ2n) is 7.43. The summed E-state index contributed by atoms with van der Waals surface area (Å²) in [5.74, 6) is 0.0392. The van der Waals surface area contributed by atoms with Gasteiger partial charge in [-0.15, -0.1) is 0 Å². The molecule has 1 heterocycles. The summed E-state index contributed by atoms with van der Waals surface area (Å²) in [5.41, 5.74) is 3.43. The van der Waals surface area contributed by atoms with Gasteiger partial charge in [0.25, 0.3) is 0 Å². The highest BCUT2D eigenvalue weighted by atomic mass is 16.2. The van der Waals surface area contributed by atoms with Crippen molar-refractivity contribution in [2.45, 2.75) is 39.5 Å². The lowest BCUT2D eigenvalue weighted by molar-refractivity contribution is -0.121. The molecule has 2 aromatic rings. The average Bonchev–Trinajstić information content (AvgIpc) is 3.11. The number of nitrogens with zero attached hydrogens (tertiary/aromatic N) is 1. The van der Waals surface area contributed by atoms with E-state index < -0.39 is 0 Å². The first-order valence-electron chi connectivity index (χ1n) is 9.78. The largest absolute Gasteiger partial charge is 0.326 e. The number of fused-ring (bicyclic) bond motifs is 1. The van der Waals surface area contributed by atoms with Crippen molar-refractivity contribution < 1.29 is 14.4 Å². The van der Waals surface area contributed by atoms with Crippen molar-refractivity contribution in [3.05, 3.63) is 59.7 Å². The van der Waals surface area contributed by atoms with Gasteiger partial charge in [0, 0.05) is 42.2 Å². The molecular weight excluding hydrogens is 352 g/mol. The molecule has 2 amide bonds. The van der Waals surface area contributed by atoms with Crippen LogP contribution in [0.25, 0.3) is 0 Å². The average molecular weight is 378 g/mol. The van der Waals surface area contributed by atoms with Gasteiger partial charge in [-0.3, -0.25) is 14.4 Å². The predicted molar refractivity (Wildman–Crippen MR) is 111 cm³/mol. The van der Waals surface area contributed by atoms with Gasteiger partial charge >= 0.3 is 0 Å². The zero-order valence-electron chi connectivity index (χ0n) is 16.4. The third kappa shape index (κ3) is 4.66. The minimum absolute atomic E-state index is 0.0380. The maximum Gasteiger partial charge on any atom is 0.229 e. The third-order valence-electron chi connectivity index (χ3n) is 4.92. The lowest BCUT2D eigenvalue weighted by atomic mass is 10.1. The molecule has 1 N–H and O–H groups in total. The Balaban J connectivity index is 1.51. The zero-order valence-corrected chi connectivity index (χ0v) is 16.4. The number of hydrogen-bond acceptors (Lipinski definition) is 3. The molecule has 0 aromatic heterocycles. The van der Waals surface area contributed by atoms with E-state index in [0.717, 1.165) is 23.4 Å². The van der Waals surface area contributed by atoms with Crippen LogP contribution in [0.5, 0.6) is 0 Å². The van der Waals surface area contributed by atoms with Crippen LogP contribution in [0.2, 0.25) is 0 Å². The molecule has 5 heteroatoms. The summed E-state index contributed by atoms with van der Waals surface area (Å²) in [4.78, 5) is 38.4. The van der Waals surface area contributed by atoms with E-state index in [4.69, 9.17) is 0 Å². The standard InChI is InChI=1S/C23H26N2O3/c1-16(2)23(28)25-14-13-18-15-19(11-12-20(18)25)24-22(27)10-6-9-21(26)17-7-4-3-5-8-17/h3-5,7-8,11-12,15-16H,6,9-10,13-14H2,1-2H3,(H,24,27). The van der Waals surface area contributed by atoms with Gasteiger partial charge in [-0.1, -0.05) is 44.2 Å². The number of rotatable bonds is 7. The highest BCUT2D eigenvalue weighted by Crippen LogP contribution is 2.31. The molecule has 0 saturated heterocycles. The Labute approximate surface area is 165 Å². The number of carbonyl (C=O) groups is 3. The van der Waals surface area contributed by atoms with Crippen LogP contribution in [0.15, 0.2) is 48.5 Å². The first-order chi connectivity index (χ1) is 13.5. The Morgan fingerprint density at radius 1 is 1.04 bits per heavy atom. The monoisotopic (exact) mass is 378 g/mol. The van der Waals surface area contributed by atoms with Crippen LogP contribution in [-0.2, 0) is 16.0 Å². The predicted octanol–water partition coefficient (Wildman–Crippen LogP) is 4.22. The van der Waals surface area contributed by atoms with Crippen molar-refractivity contribution in [1.29, 1.82) is 0 Å². The number of ketones is 1. The van der Waals surface area contributed by atoms with Gasteiger partial charge in [-0.05, 0) is 36.6 Å². The Bertz CT molecular complexity index is 875. The van der Waals surface area contributed by atoms with Crippen molar-refractivity contribution >= 4 is 29.0 Å². The Kier molecular flexibility index (Phi) is 6.24. The number of amides is 2. The van der Waals surface area contributed by atoms with Crippen LogP contribution < -0.4 is 10.2 Å². The van der Waals surface area contributed by atoms with E-state index >= 15 is 0 Å². The second-order valence-corrected chi connectivity index (χ2v) is 7.43. The smallest absolute Gasteiger partial charge is 0.229 e. The van der Waals surface area contributed by atoms with Gasteiger partial charge in [-0.2, -0.15) is 0 Å². The summed E-state index contributed by atoms with van der Waals surface area (Å²) < 4.78 is 0. The molecule has 0 aliphatic carbocycles. The first-order valence-corrected chi connectivity index (χ1v) is 9.78. The highest BCUT2D eigenvalue weighted by molar-refractivity contribution is 5.98. The summed E-state index contributed by atoms with van der Waals surface area (Å²) >= 11 is 0. The molecule has 0 fully saturated rings. The summed E-state index contributed by atoms with van der Waals surface area (Å²) in [6, 6.07) is 14.8. The fraction of sp³-hybridized carbons (Fsp3) is 0.348. The third-order valence-corrected chi connectivity index (χ3v) is 4.92. The van der Waals surface area contributed by atoms with Gasteiger partial charge in [0.1, 0.15) is 0 Å². The van der Waals surface area contributed by atoms with Gasteiger partial charge in [0.05, 0.1) is 0 Å². The van der Waals surface area contributed by atoms with Crippen molar-refractivity contribution in [2.24, 2.45) is 5.92 Å². The maximum atomic E-state index is 12.3. The van der Waals surface area contributed by atoms with Crippen LogP contribution >= 0.6 is 0 Å². The van der Waals surface area contributed by atoms with Crippen LogP contribution in [0.3, 0.4) is 0 Å². The summed E-state index contributed by atoms with van der Waals surface area (Å²) in [6.45, 7) is 4.49. The van der Waals surface area contributed by atoms with Gasteiger partial charge in [-0.25, -0.2) is 0 Å². The molecule has 0 radical (unpaired) electrons. The Morgan fingerprint density at radius 3 is 2.50 bits per heavy atom. The molecule has 146 valence electrons. The number of carbonyl (C=O) groups excluding carboxylic acids is 3. The number of nitrogens with one attached hydrogen (secondary N) is 1. The summed E-state index contributed by atoms with van der Waals surface area (Å²) in [7, 11) is 0. The molecule has 0 saturated carbocycles. The number of benzene rings is 2. The highest BCUT2D eigenvalue weighted by Gasteiger charge is 2.26. The lowest BCUT2D eigenvalue weighted by Gasteiger charge is -2.19. The molecule has 1 aliphatic rings. The molecule has 3 rings (SSSR count). The van der Waals surface area contributed by atoms with E-state index in [2.05, 4.69) is 5.32 Å². The normalized spacial score (nSPS) is 12.8. The Hall–Kier alpha value is -2.95. The topological polar surface area (TPSA) is 66.5 Å². The molecule has 28 heavy (non-hydrogen) atoms. The minimum Gasteiger partial charge on any atom is -0.326 e. The zero-order chi connectivity index (χ0) is 20.1. The number of hydrogen-bond donors (Lipinski definition) is 1. The molecule has 1 aliphatic heterocycles. The Morgan fingerprint density at radius 2 is 1.79 bits per heavy atom.